The third-order valence-electron chi connectivity index (χ3n) is 1.93. The average molecular weight is 166 g/mol. The van der Waals surface area contributed by atoms with E-state index in [0.29, 0.717) is 0 Å². The molecule has 0 radical (unpaired) electrons. The lowest BCUT2D eigenvalue weighted by Gasteiger charge is -2.11. The van der Waals surface area contributed by atoms with Crippen molar-refractivity contribution in [2.24, 2.45) is 0 Å². The normalized spacial score (nSPS) is 10.7. The molecular formula is C10H14O2. The zero-order chi connectivity index (χ0) is 9.30. The second-order valence-electron chi connectivity index (χ2n) is 3.35. The molecule has 0 amide bonds. The molecule has 0 aliphatic heterocycles. The summed E-state index contributed by atoms with van der Waals surface area (Å²) in [6.07, 6.45) is 0. The van der Waals surface area contributed by atoms with Crippen molar-refractivity contribution in [1.29, 1.82) is 0 Å². The molecule has 0 aromatic heterocycles. The Morgan fingerprint density at radius 3 is 2.17 bits per heavy atom. The predicted octanol–water partition coefficient (Wildman–Crippen LogP) is 2.53. The monoisotopic (exact) mass is 166 g/mol. The van der Waals surface area contributed by atoms with Crippen molar-refractivity contribution >= 4 is 0 Å². The summed E-state index contributed by atoms with van der Waals surface area (Å²) in [4.78, 5) is 0. The number of rotatable bonds is 1. The van der Waals surface area contributed by atoms with Crippen LogP contribution in [-0.4, -0.2) is 10.2 Å². The maximum atomic E-state index is 9.48. The van der Waals surface area contributed by atoms with Gasteiger partial charge in [0.2, 0.25) is 0 Å². The fourth-order valence-electron chi connectivity index (χ4n) is 1.51. The summed E-state index contributed by atoms with van der Waals surface area (Å²) in [6, 6.07) is 3.04. The molecule has 1 aromatic rings. The molecular weight excluding hydrogens is 152 g/mol. The van der Waals surface area contributed by atoms with Crippen molar-refractivity contribution in [1.82, 2.24) is 0 Å². The van der Waals surface area contributed by atoms with Gasteiger partial charge in [-0.1, -0.05) is 13.8 Å². The minimum Gasteiger partial charge on any atom is -0.508 e. The molecule has 0 atom stereocenters. The van der Waals surface area contributed by atoms with E-state index in [0.717, 1.165) is 11.1 Å². The van der Waals surface area contributed by atoms with Gasteiger partial charge in [-0.3, -0.25) is 0 Å². The molecule has 1 rings (SSSR count). The Morgan fingerprint density at radius 1 is 1.17 bits per heavy atom. The first-order chi connectivity index (χ1) is 5.52. The highest BCUT2D eigenvalue weighted by Crippen LogP contribution is 2.32. The van der Waals surface area contributed by atoms with Crippen LogP contribution in [0.15, 0.2) is 12.1 Å². The van der Waals surface area contributed by atoms with Gasteiger partial charge < -0.3 is 10.2 Å². The van der Waals surface area contributed by atoms with Crippen LogP contribution in [0.1, 0.15) is 30.9 Å². The van der Waals surface area contributed by atoms with Crippen molar-refractivity contribution < 1.29 is 10.2 Å². The van der Waals surface area contributed by atoms with E-state index in [9.17, 15) is 5.11 Å². The zero-order valence-corrected chi connectivity index (χ0v) is 7.63. The molecule has 66 valence electrons. The van der Waals surface area contributed by atoms with Gasteiger partial charge in [0.05, 0.1) is 0 Å². The third kappa shape index (κ3) is 1.52. The Balaban J connectivity index is 3.28. The number of benzene rings is 1. The summed E-state index contributed by atoms with van der Waals surface area (Å²) in [5.41, 5.74) is 1.84. The van der Waals surface area contributed by atoms with Gasteiger partial charge in [0.1, 0.15) is 11.5 Å². The van der Waals surface area contributed by atoms with Crippen molar-refractivity contribution in [3.8, 4) is 11.5 Å². The Morgan fingerprint density at radius 2 is 1.75 bits per heavy atom. The van der Waals surface area contributed by atoms with Crippen molar-refractivity contribution in [2.75, 3.05) is 0 Å². The van der Waals surface area contributed by atoms with Gasteiger partial charge in [-0.15, -0.1) is 0 Å². The lowest BCUT2D eigenvalue weighted by atomic mass is 9.97. The van der Waals surface area contributed by atoms with Crippen LogP contribution in [0.25, 0.3) is 0 Å². The van der Waals surface area contributed by atoms with Crippen LogP contribution in [0, 0.1) is 6.92 Å². The molecule has 2 heteroatoms. The summed E-state index contributed by atoms with van der Waals surface area (Å²) in [5.74, 6) is 0.586. The van der Waals surface area contributed by atoms with Gasteiger partial charge in [-0.05, 0) is 30.0 Å². The van der Waals surface area contributed by atoms with Crippen LogP contribution in [0.3, 0.4) is 0 Å². The SMILES string of the molecule is Cc1cc(O)cc(O)c1C(C)C. The number of hydrogen-bond donors (Lipinski definition) is 2. The van der Waals surface area contributed by atoms with Crippen molar-refractivity contribution in [3.05, 3.63) is 23.3 Å². The van der Waals surface area contributed by atoms with E-state index < -0.39 is 0 Å². The van der Waals surface area contributed by atoms with Crippen LogP contribution in [0.4, 0.5) is 0 Å². The summed E-state index contributed by atoms with van der Waals surface area (Å²) < 4.78 is 0. The smallest absolute Gasteiger partial charge is 0.122 e. The van der Waals surface area contributed by atoms with E-state index in [-0.39, 0.29) is 17.4 Å². The van der Waals surface area contributed by atoms with Gasteiger partial charge in [0.15, 0.2) is 0 Å². The van der Waals surface area contributed by atoms with Gasteiger partial charge in [0, 0.05) is 6.07 Å². The molecule has 12 heavy (non-hydrogen) atoms. The number of aryl methyl sites for hydroxylation is 1. The Bertz CT molecular complexity index is 267. The first-order valence-electron chi connectivity index (χ1n) is 4.05. The third-order valence-corrected chi connectivity index (χ3v) is 1.93. The predicted molar refractivity (Wildman–Crippen MR) is 48.6 cm³/mol. The highest BCUT2D eigenvalue weighted by atomic mass is 16.3. The van der Waals surface area contributed by atoms with Crippen LogP contribution in [0.5, 0.6) is 11.5 Å². The van der Waals surface area contributed by atoms with Crippen LogP contribution >= 0.6 is 0 Å². The van der Waals surface area contributed by atoms with E-state index in [1.54, 1.807) is 6.07 Å². The molecule has 0 aliphatic rings. The number of phenols is 2. The van der Waals surface area contributed by atoms with Crippen LogP contribution < -0.4 is 0 Å². The van der Waals surface area contributed by atoms with E-state index in [4.69, 9.17) is 5.11 Å². The maximum absolute atomic E-state index is 9.48. The van der Waals surface area contributed by atoms with Gasteiger partial charge >= 0.3 is 0 Å². The Kier molecular flexibility index (Phi) is 2.27. The maximum Gasteiger partial charge on any atom is 0.122 e. The van der Waals surface area contributed by atoms with Crippen LogP contribution in [0.2, 0.25) is 0 Å². The van der Waals surface area contributed by atoms with E-state index in [2.05, 4.69) is 0 Å². The first-order valence-corrected chi connectivity index (χ1v) is 4.05. The van der Waals surface area contributed by atoms with E-state index >= 15 is 0 Å². The fourth-order valence-corrected chi connectivity index (χ4v) is 1.51. The van der Waals surface area contributed by atoms with E-state index in [1.165, 1.54) is 6.07 Å². The van der Waals surface area contributed by atoms with Crippen molar-refractivity contribution in [2.45, 2.75) is 26.7 Å². The molecule has 0 saturated carbocycles. The minimum absolute atomic E-state index is 0.120. The summed E-state index contributed by atoms with van der Waals surface area (Å²) in [7, 11) is 0. The standard InChI is InChI=1S/C10H14O2/c1-6(2)10-7(3)4-8(11)5-9(10)12/h4-6,11-12H,1-3H3. The molecule has 1 aromatic carbocycles. The highest BCUT2D eigenvalue weighted by molar-refractivity contribution is 5.46. The molecule has 0 bridgehead atoms. The molecule has 0 heterocycles. The molecule has 0 spiro atoms. The van der Waals surface area contributed by atoms with E-state index in [1.807, 2.05) is 20.8 Å². The minimum atomic E-state index is 0.120. The van der Waals surface area contributed by atoms with Gasteiger partial charge in [-0.25, -0.2) is 0 Å². The average Bonchev–Trinajstić information content (AvgIpc) is 1.82. The molecule has 0 unspecified atom stereocenters. The molecule has 2 nitrogen and oxygen atoms in total. The summed E-state index contributed by atoms with van der Waals surface area (Å²) >= 11 is 0. The second kappa shape index (κ2) is 3.05. The van der Waals surface area contributed by atoms with Crippen LogP contribution in [-0.2, 0) is 0 Å². The number of hydrogen-bond acceptors (Lipinski definition) is 2. The van der Waals surface area contributed by atoms with Crippen molar-refractivity contribution in [3.63, 3.8) is 0 Å². The summed E-state index contributed by atoms with van der Waals surface area (Å²) in [5, 5.41) is 18.6. The Labute approximate surface area is 72.5 Å². The molecule has 0 saturated heterocycles. The lowest BCUT2D eigenvalue weighted by Crippen LogP contribution is -1.92. The quantitative estimate of drug-likeness (QED) is 0.673. The molecule has 2 N–H and O–H groups in total. The molecule has 0 aliphatic carbocycles. The lowest BCUT2D eigenvalue weighted by molar-refractivity contribution is 0.443. The number of phenolic OH excluding ortho intramolecular Hbond substituents is 2. The largest absolute Gasteiger partial charge is 0.508 e. The zero-order valence-electron chi connectivity index (χ0n) is 7.63. The van der Waals surface area contributed by atoms with Gasteiger partial charge in [0.25, 0.3) is 0 Å². The topological polar surface area (TPSA) is 40.5 Å². The highest BCUT2D eigenvalue weighted by Gasteiger charge is 2.09. The fraction of sp³-hybridized carbons (Fsp3) is 0.400. The summed E-state index contributed by atoms with van der Waals surface area (Å²) in [6.45, 7) is 5.91. The number of aromatic hydroxyl groups is 2. The second-order valence-corrected chi connectivity index (χ2v) is 3.35. The molecule has 0 fully saturated rings. The first kappa shape index (κ1) is 8.91. The van der Waals surface area contributed by atoms with Gasteiger partial charge in [-0.2, -0.15) is 0 Å². The Hall–Kier alpha value is -1.18.